The fourth-order valence-corrected chi connectivity index (χ4v) is 4.04. The van der Waals surface area contributed by atoms with Crippen molar-refractivity contribution in [3.8, 4) is 11.4 Å². The summed E-state index contributed by atoms with van der Waals surface area (Å²) in [4.78, 5) is 20.7. The van der Waals surface area contributed by atoms with E-state index in [4.69, 9.17) is 21.0 Å². The maximum absolute atomic E-state index is 11.3. The van der Waals surface area contributed by atoms with Crippen molar-refractivity contribution in [3.63, 3.8) is 0 Å². The summed E-state index contributed by atoms with van der Waals surface area (Å²) in [6, 6.07) is 16.3. The standard InChI is InChI=1S/C24H27N5O2/c1-24(2)13-12-18(19(14-24)27-17-6-4-3-5-7-17)20(25)23-28-22(29-31-23)16-10-8-15(9-11-16)21(26)30/h3-11,18,20H,12-14,25H2,1-2H3,(H2,26,30). The highest BCUT2D eigenvalue weighted by Crippen LogP contribution is 2.41. The third-order valence-corrected chi connectivity index (χ3v) is 5.84. The van der Waals surface area contributed by atoms with E-state index in [1.807, 2.05) is 30.3 Å². The van der Waals surface area contributed by atoms with Gasteiger partial charge in [0, 0.05) is 22.8 Å². The summed E-state index contributed by atoms with van der Waals surface area (Å²) in [5, 5.41) is 4.09. The number of amides is 1. The van der Waals surface area contributed by atoms with Crippen LogP contribution < -0.4 is 11.5 Å². The van der Waals surface area contributed by atoms with Gasteiger partial charge in [0.15, 0.2) is 0 Å². The minimum absolute atomic E-state index is 0.0266. The summed E-state index contributed by atoms with van der Waals surface area (Å²) >= 11 is 0. The highest BCUT2D eigenvalue weighted by atomic mass is 16.5. The molecule has 1 saturated carbocycles. The molecular formula is C24H27N5O2. The maximum Gasteiger partial charge on any atom is 0.248 e. The van der Waals surface area contributed by atoms with E-state index in [-0.39, 0.29) is 11.3 Å². The zero-order valence-electron chi connectivity index (χ0n) is 17.8. The molecule has 1 heterocycles. The van der Waals surface area contributed by atoms with E-state index in [9.17, 15) is 4.79 Å². The number of hydrogen-bond acceptors (Lipinski definition) is 6. The van der Waals surface area contributed by atoms with Gasteiger partial charge in [0.1, 0.15) is 0 Å². The quantitative estimate of drug-likeness (QED) is 0.636. The molecule has 1 fully saturated rings. The number of hydrogen-bond donors (Lipinski definition) is 2. The molecule has 2 atom stereocenters. The van der Waals surface area contributed by atoms with E-state index in [1.165, 1.54) is 0 Å². The Labute approximate surface area is 181 Å². The lowest BCUT2D eigenvalue weighted by Gasteiger charge is -2.37. The van der Waals surface area contributed by atoms with Crippen molar-refractivity contribution in [1.29, 1.82) is 0 Å². The molecule has 1 aliphatic rings. The highest BCUT2D eigenvalue weighted by molar-refractivity contribution is 5.93. The summed E-state index contributed by atoms with van der Waals surface area (Å²) < 4.78 is 5.53. The van der Waals surface area contributed by atoms with E-state index in [0.29, 0.717) is 17.3 Å². The normalized spacial score (nSPS) is 20.5. The molecule has 0 bridgehead atoms. The first-order valence-electron chi connectivity index (χ1n) is 10.4. The minimum atomic E-state index is -0.479. The number of rotatable bonds is 5. The van der Waals surface area contributed by atoms with Crippen molar-refractivity contribution in [2.75, 3.05) is 0 Å². The van der Waals surface area contributed by atoms with Crippen LogP contribution in [0.4, 0.5) is 5.69 Å². The van der Waals surface area contributed by atoms with Crippen molar-refractivity contribution in [3.05, 3.63) is 66.1 Å². The number of para-hydroxylation sites is 1. The van der Waals surface area contributed by atoms with Crippen LogP contribution in [0.1, 0.15) is 55.4 Å². The lowest BCUT2D eigenvalue weighted by atomic mass is 9.70. The van der Waals surface area contributed by atoms with Crippen LogP contribution in [0.3, 0.4) is 0 Å². The summed E-state index contributed by atoms with van der Waals surface area (Å²) in [6.07, 6.45) is 2.83. The van der Waals surface area contributed by atoms with Crippen molar-refractivity contribution < 1.29 is 9.32 Å². The smallest absolute Gasteiger partial charge is 0.248 e. The second-order valence-electron chi connectivity index (χ2n) is 8.85. The molecule has 7 nitrogen and oxygen atoms in total. The molecule has 7 heteroatoms. The molecule has 31 heavy (non-hydrogen) atoms. The molecule has 4 rings (SSSR count). The number of carbonyl (C=O) groups excluding carboxylic acids is 1. The summed E-state index contributed by atoms with van der Waals surface area (Å²) in [7, 11) is 0. The zero-order valence-corrected chi connectivity index (χ0v) is 17.8. The molecule has 2 unspecified atom stereocenters. The first-order valence-corrected chi connectivity index (χ1v) is 10.4. The van der Waals surface area contributed by atoms with Crippen LogP contribution in [0.15, 0.2) is 64.1 Å². The van der Waals surface area contributed by atoms with Gasteiger partial charge in [0.2, 0.25) is 17.6 Å². The highest BCUT2D eigenvalue weighted by Gasteiger charge is 2.37. The van der Waals surface area contributed by atoms with Crippen LogP contribution in [0, 0.1) is 11.3 Å². The molecule has 0 aliphatic heterocycles. The van der Waals surface area contributed by atoms with Gasteiger partial charge < -0.3 is 16.0 Å². The fourth-order valence-electron chi connectivity index (χ4n) is 4.04. The average molecular weight is 418 g/mol. The molecule has 1 aromatic heterocycles. The van der Waals surface area contributed by atoms with Crippen LogP contribution in [0.2, 0.25) is 0 Å². The zero-order chi connectivity index (χ0) is 22.0. The van der Waals surface area contributed by atoms with Gasteiger partial charge in [-0.1, -0.05) is 49.3 Å². The first-order chi connectivity index (χ1) is 14.8. The number of aromatic nitrogens is 2. The Morgan fingerprint density at radius 2 is 1.87 bits per heavy atom. The van der Waals surface area contributed by atoms with Gasteiger partial charge in [-0.15, -0.1) is 0 Å². The van der Waals surface area contributed by atoms with Crippen LogP contribution in [0.5, 0.6) is 0 Å². The van der Waals surface area contributed by atoms with Crippen molar-refractivity contribution in [2.45, 2.75) is 39.2 Å². The second-order valence-corrected chi connectivity index (χ2v) is 8.85. The van der Waals surface area contributed by atoms with E-state index >= 15 is 0 Å². The van der Waals surface area contributed by atoms with E-state index in [0.717, 1.165) is 36.2 Å². The predicted octanol–water partition coefficient (Wildman–Crippen LogP) is 4.43. The number of nitrogens with two attached hydrogens (primary N) is 2. The van der Waals surface area contributed by atoms with Gasteiger partial charge in [-0.05, 0) is 48.9 Å². The molecule has 0 saturated heterocycles. The Bertz CT molecular complexity index is 1090. The van der Waals surface area contributed by atoms with Crippen LogP contribution in [-0.4, -0.2) is 21.8 Å². The number of carbonyl (C=O) groups is 1. The van der Waals surface area contributed by atoms with Crippen molar-refractivity contribution in [2.24, 2.45) is 27.8 Å². The number of benzene rings is 2. The number of aliphatic imine (C=N–C) groups is 1. The Morgan fingerprint density at radius 1 is 1.16 bits per heavy atom. The van der Waals surface area contributed by atoms with Crippen molar-refractivity contribution in [1.82, 2.24) is 10.1 Å². The molecule has 1 amide bonds. The van der Waals surface area contributed by atoms with Gasteiger partial charge in [-0.3, -0.25) is 9.79 Å². The van der Waals surface area contributed by atoms with Crippen LogP contribution >= 0.6 is 0 Å². The topological polar surface area (TPSA) is 120 Å². The minimum Gasteiger partial charge on any atom is -0.366 e. The Balaban J connectivity index is 1.59. The summed E-state index contributed by atoms with van der Waals surface area (Å²) in [6.45, 7) is 4.52. The second kappa shape index (κ2) is 8.43. The van der Waals surface area contributed by atoms with Crippen LogP contribution in [-0.2, 0) is 0 Å². The van der Waals surface area contributed by atoms with Gasteiger partial charge in [0.05, 0.1) is 11.7 Å². The monoisotopic (exact) mass is 417 g/mol. The van der Waals surface area contributed by atoms with Gasteiger partial charge in [-0.25, -0.2) is 0 Å². The fraction of sp³-hybridized carbons (Fsp3) is 0.333. The molecule has 4 N–H and O–H groups in total. The molecule has 1 aliphatic carbocycles. The third-order valence-electron chi connectivity index (χ3n) is 5.84. The molecule has 0 spiro atoms. The van der Waals surface area contributed by atoms with Crippen molar-refractivity contribution >= 4 is 17.3 Å². The third kappa shape index (κ3) is 4.72. The lowest BCUT2D eigenvalue weighted by molar-refractivity contribution is 0.100. The van der Waals surface area contributed by atoms with E-state index in [2.05, 4.69) is 24.0 Å². The van der Waals surface area contributed by atoms with Gasteiger partial charge in [-0.2, -0.15) is 4.98 Å². The van der Waals surface area contributed by atoms with Gasteiger partial charge in [0.25, 0.3) is 0 Å². The summed E-state index contributed by atoms with van der Waals surface area (Å²) in [5.74, 6) is 0.366. The average Bonchev–Trinajstić information content (AvgIpc) is 3.24. The Hall–Kier alpha value is -3.32. The Kier molecular flexibility index (Phi) is 5.69. The molecule has 3 aromatic rings. The van der Waals surface area contributed by atoms with Gasteiger partial charge >= 0.3 is 0 Å². The molecule has 2 aromatic carbocycles. The Morgan fingerprint density at radius 3 is 2.55 bits per heavy atom. The first kappa shape index (κ1) is 20.9. The number of nitrogens with zero attached hydrogens (tertiary/aromatic N) is 3. The predicted molar refractivity (Wildman–Crippen MR) is 120 cm³/mol. The molecule has 0 radical (unpaired) electrons. The number of primary amides is 1. The lowest BCUT2D eigenvalue weighted by Crippen LogP contribution is -2.36. The molecular weight excluding hydrogens is 390 g/mol. The maximum atomic E-state index is 11.3. The van der Waals surface area contributed by atoms with E-state index < -0.39 is 11.9 Å². The molecule has 160 valence electrons. The largest absolute Gasteiger partial charge is 0.366 e. The SMILES string of the molecule is CC1(C)CCC(C(N)c2nc(-c3ccc(C(N)=O)cc3)no2)C(=Nc2ccccc2)C1. The van der Waals surface area contributed by atoms with Crippen LogP contribution in [0.25, 0.3) is 11.4 Å². The summed E-state index contributed by atoms with van der Waals surface area (Å²) in [5.41, 5.74) is 15.2. The van der Waals surface area contributed by atoms with E-state index in [1.54, 1.807) is 24.3 Å².